The largest absolute Gasteiger partial charge is 0.419 e. The number of nitrogens with one attached hydrogen (secondary N) is 1. The fourth-order valence-corrected chi connectivity index (χ4v) is 3.34. The van der Waals surface area contributed by atoms with Crippen LogP contribution in [0.25, 0.3) is 11.5 Å². The summed E-state index contributed by atoms with van der Waals surface area (Å²) in [6.45, 7) is 1.91. The Hall–Kier alpha value is -2.51. The minimum absolute atomic E-state index is 0.0337. The van der Waals surface area contributed by atoms with E-state index in [4.69, 9.17) is 4.42 Å². The van der Waals surface area contributed by atoms with Crippen molar-refractivity contribution in [3.63, 3.8) is 0 Å². The van der Waals surface area contributed by atoms with Gasteiger partial charge in [-0.05, 0) is 24.1 Å². The van der Waals surface area contributed by atoms with Gasteiger partial charge in [0.2, 0.25) is 21.8 Å². The highest BCUT2D eigenvalue weighted by atomic mass is 32.2. The predicted molar refractivity (Wildman–Crippen MR) is 90.4 cm³/mol. The third kappa shape index (κ3) is 4.06. The fourth-order valence-electron chi connectivity index (χ4n) is 2.26. The molecule has 1 aromatic heterocycles. The number of hydrogen-bond acceptors (Lipinski definition) is 5. The van der Waals surface area contributed by atoms with E-state index in [-0.39, 0.29) is 18.2 Å². The van der Waals surface area contributed by atoms with Gasteiger partial charge in [0, 0.05) is 5.56 Å². The van der Waals surface area contributed by atoms with Crippen molar-refractivity contribution in [1.82, 2.24) is 14.9 Å². The third-order valence-electron chi connectivity index (χ3n) is 3.49. The van der Waals surface area contributed by atoms with Crippen molar-refractivity contribution >= 4 is 10.0 Å². The molecule has 7 heteroatoms. The van der Waals surface area contributed by atoms with E-state index < -0.39 is 10.0 Å². The average molecular weight is 343 g/mol. The first-order valence-electron chi connectivity index (χ1n) is 7.43. The summed E-state index contributed by atoms with van der Waals surface area (Å²) in [5.74, 6) is 0.516. The third-order valence-corrected chi connectivity index (χ3v) is 4.78. The van der Waals surface area contributed by atoms with Crippen LogP contribution in [0.5, 0.6) is 0 Å². The molecule has 0 unspecified atom stereocenters. The zero-order chi connectivity index (χ0) is 17.0. The van der Waals surface area contributed by atoms with Crippen molar-refractivity contribution in [3.8, 4) is 11.5 Å². The first-order chi connectivity index (χ1) is 11.5. The monoisotopic (exact) mass is 343 g/mol. The maximum Gasteiger partial charge on any atom is 0.248 e. The lowest BCUT2D eigenvalue weighted by molar-refractivity contribution is 0.494. The maximum atomic E-state index is 12.1. The molecule has 6 nitrogen and oxygen atoms in total. The van der Waals surface area contributed by atoms with Gasteiger partial charge in [-0.3, -0.25) is 0 Å². The molecule has 124 valence electrons. The van der Waals surface area contributed by atoms with Crippen LogP contribution < -0.4 is 4.72 Å². The number of sulfonamides is 1. The van der Waals surface area contributed by atoms with Crippen LogP contribution in [0.15, 0.2) is 59.0 Å². The van der Waals surface area contributed by atoms with Crippen molar-refractivity contribution in [2.75, 3.05) is 0 Å². The maximum absolute atomic E-state index is 12.1. The minimum atomic E-state index is -3.47. The molecule has 0 saturated carbocycles. The van der Waals surface area contributed by atoms with Gasteiger partial charge in [0.15, 0.2) is 0 Å². The Balaban J connectivity index is 1.66. The van der Waals surface area contributed by atoms with Gasteiger partial charge < -0.3 is 4.42 Å². The zero-order valence-corrected chi connectivity index (χ0v) is 14.0. The summed E-state index contributed by atoms with van der Waals surface area (Å²) in [7, 11) is -3.47. The first-order valence-corrected chi connectivity index (χ1v) is 9.08. The Morgan fingerprint density at radius 3 is 2.46 bits per heavy atom. The van der Waals surface area contributed by atoms with E-state index in [2.05, 4.69) is 14.9 Å². The number of aromatic nitrogens is 2. The lowest BCUT2D eigenvalue weighted by Gasteiger charge is -2.04. The average Bonchev–Trinajstić information content (AvgIpc) is 3.03. The lowest BCUT2D eigenvalue weighted by Crippen LogP contribution is -2.24. The molecule has 0 atom stereocenters. The second-order valence-corrected chi connectivity index (χ2v) is 7.19. The van der Waals surface area contributed by atoms with Crippen LogP contribution in [0.4, 0.5) is 0 Å². The van der Waals surface area contributed by atoms with Crippen LogP contribution in [0, 0.1) is 6.92 Å². The van der Waals surface area contributed by atoms with Crippen molar-refractivity contribution in [1.29, 1.82) is 0 Å². The smallest absolute Gasteiger partial charge is 0.248 e. The topological polar surface area (TPSA) is 85.1 Å². The van der Waals surface area contributed by atoms with Gasteiger partial charge >= 0.3 is 0 Å². The summed E-state index contributed by atoms with van der Waals surface area (Å²) in [5, 5.41) is 7.88. The molecule has 0 fully saturated rings. The van der Waals surface area contributed by atoms with Crippen LogP contribution in [0.1, 0.15) is 17.0 Å². The van der Waals surface area contributed by atoms with Gasteiger partial charge in [-0.1, -0.05) is 48.5 Å². The van der Waals surface area contributed by atoms with Gasteiger partial charge in [-0.25, -0.2) is 13.1 Å². The number of aryl methyl sites for hydroxylation is 1. The minimum Gasteiger partial charge on any atom is -0.419 e. The highest BCUT2D eigenvalue weighted by molar-refractivity contribution is 7.88. The van der Waals surface area contributed by atoms with E-state index in [0.29, 0.717) is 5.89 Å². The van der Waals surface area contributed by atoms with Crippen LogP contribution >= 0.6 is 0 Å². The molecule has 1 heterocycles. The second kappa shape index (κ2) is 6.94. The molecule has 0 amide bonds. The molecule has 0 spiro atoms. The van der Waals surface area contributed by atoms with Crippen LogP contribution in [-0.4, -0.2) is 18.6 Å². The summed E-state index contributed by atoms with van der Waals surface area (Å²) in [6, 6.07) is 16.6. The van der Waals surface area contributed by atoms with Gasteiger partial charge in [0.25, 0.3) is 0 Å². The Bertz CT molecular complexity index is 921. The second-order valence-electron chi connectivity index (χ2n) is 5.38. The lowest BCUT2D eigenvalue weighted by atomic mass is 10.1. The molecule has 0 bridgehead atoms. The molecule has 0 saturated heterocycles. The molecular weight excluding hydrogens is 326 g/mol. The fraction of sp³-hybridized carbons (Fsp3) is 0.176. The Labute approximate surface area is 140 Å². The quantitative estimate of drug-likeness (QED) is 0.744. The summed E-state index contributed by atoms with van der Waals surface area (Å²) in [6.07, 6.45) is 0. The van der Waals surface area contributed by atoms with Crippen molar-refractivity contribution in [2.45, 2.75) is 19.2 Å². The molecule has 0 aliphatic heterocycles. The molecule has 3 aromatic rings. The molecular formula is C17H17N3O3S. The van der Waals surface area contributed by atoms with Crippen LogP contribution in [0.2, 0.25) is 0 Å². The summed E-state index contributed by atoms with van der Waals surface area (Å²) < 4.78 is 32.2. The Morgan fingerprint density at radius 2 is 1.71 bits per heavy atom. The predicted octanol–water partition coefficient (Wildman–Crippen LogP) is 2.66. The van der Waals surface area contributed by atoms with Gasteiger partial charge in [0.1, 0.15) is 0 Å². The van der Waals surface area contributed by atoms with Crippen molar-refractivity contribution in [3.05, 3.63) is 71.6 Å². The van der Waals surface area contributed by atoms with E-state index in [1.807, 2.05) is 37.3 Å². The number of nitrogens with zero attached hydrogens (tertiary/aromatic N) is 2. The Kier molecular flexibility index (Phi) is 4.73. The summed E-state index contributed by atoms with van der Waals surface area (Å²) in [5.41, 5.74) is 2.57. The van der Waals surface area contributed by atoms with Crippen LogP contribution in [0.3, 0.4) is 0 Å². The van der Waals surface area contributed by atoms with E-state index in [9.17, 15) is 8.42 Å². The first kappa shape index (κ1) is 16.4. The molecule has 2 aromatic carbocycles. The number of hydrogen-bond donors (Lipinski definition) is 1. The van der Waals surface area contributed by atoms with Gasteiger partial charge in [-0.2, -0.15) is 0 Å². The van der Waals surface area contributed by atoms with Crippen LogP contribution in [-0.2, 0) is 22.3 Å². The van der Waals surface area contributed by atoms with Gasteiger partial charge in [0.05, 0.1) is 12.3 Å². The highest BCUT2D eigenvalue weighted by Crippen LogP contribution is 2.21. The van der Waals surface area contributed by atoms with Gasteiger partial charge in [-0.15, -0.1) is 10.2 Å². The molecule has 0 aliphatic carbocycles. The standard InChI is InChI=1S/C17H17N3O3S/c1-13-7-5-6-10-15(13)17-20-19-16(23-17)11-18-24(21,22)12-14-8-3-2-4-9-14/h2-10,18H,11-12H2,1H3. The summed E-state index contributed by atoms with van der Waals surface area (Å²) in [4.78, 5) is 0. The van der Waals surface area contributed by atoms with E-state index in [1.54, 1.807) is 24.3 Å². The van der Waals surface area contributed by atoms with Crippen molar-refractivity contribution in [2.24, 2.45) is 0 Å². The van der Waals surface area contributed by atoms with Crippen molar-refractivity contribution < 1.29 is 12.8 Å². The zero-order valence-electron chi connectivity index (χ0n) is 13.1. The molecule has 3 rings (SSSR count). The molecule has 1 N–H and O–H groups in total. The molecule has 24 heavy (non-hydrogen) atoms. The molecule has 0 aliphatic rings. The SMILES string of the molecule is Cc1ccccc1-c1nnc(CNS(=O)(=O)Cc2ccccc2)o1. The van der Waals surface area contributed by atoms with E-state index in [1.165, 1.54) is 0 Å². The number of benzene rings is 2. The summed E-state index contributed by atoms with van der Waals surface area (Å²) >= 11 is 0. The number of rotatable bonds is 6. The highest BCUT2D eigenvalue weighted by Gasteiger charge is 2.15. The normalized spacial score (nSPS) is 11.5. The molecule has 0 radical (unpaired) electrons. The van der Waals surface area contributed by atoms with E-state index in [0.717, 1.165) is 16.7 Å². The Morgan fingerprint density at radius 1 is 1.00 bits per heavy atom. The van der Waals surface area contributed by atoms with E-state index >= 15 is 0 Å².